The van der Waals surface area contributed by atoms with Crippen LogP contribution in [0.4, 0.5) is 5.69 Å². The predicted octanol–water partition coefficient (Wildman–Crippen LogP) is 2.57. The normalized spacial score (nSPS) is 18.2. The summed E-state index contributed by atoms with van der Waals surface area (Å²) < 4.78 is 23.2. The van der Waals surface area contributed by atoms with Crippen LogP contribution in [-0.4, -0.2) is 19.7 Å². The van der Waals surface area contributed by atoms with Gasteiger partial charge in [0.25, 0.3) is 0 Å². The van der Waals surface area contributed by atoms with Crippen molar-refractivity contribution in [1.29, 1.82) is 0 Å². The second-order valence-electron chi connectivity index (χ2n) is 4.45. The first kappa shape index (κ1) is 11.6. The Hall–Kier alpha value is -1.46. The van der Waals surface area contributed by atoms with Crippen molar-refractivity contribution in [2.24, 2.45) is 4.99 Å². The van der Waals surface area contributed by atoms with Crippen molar-refractivity contribution in [2.75, 3.05) is 6.26 Å². The van der Waals surface area contributed by atoms with E-state index in [1.807, 2.05) is 49.6 Å². The molecule has 0 amide bonds. The fraction of sp³-hybridized carbons (Fsp3) is 0.154. The van der Waals surface area contributed by atoms with Gasteiger partial charge in [-0.05, 0) is 24.6 Å². The zero-order chi connectivity index (χ0) is 12.9. The van der Waals surface area contributed by atoms with Gasteiger partial charge in [0.05, 0.1) is 10.7 Å². The topological polar surface area (TPSA) is 46.5 Å². The monoisotopic (exact) mass is 279 g/mol. The SMILES string of the molecule is CC1=Nc2c(ccc3ccccc23)[SH]1(C)=S(=O)=O. The van der Waals surface area contributed by atoms with Crippen LogP contribution in [0.25, 0.3) is 10.8 Å². The average Bonchev–Trinajstić information content (AvgIpc) is 2.63. The van der Waals surface area contributed by atoms with Gasteiger partial charge in [0.2, 0.25) is 9.26 Å². The highest BCUT2D eigenvalue weighted by molar-refractivity contribution is 8.52. The molecule has 2 aromatic rings. The fourth-order valence-corrected chi connectivity index (χ4v) is 5.97. The van der Waals surface area contributed by atoms with Crippen LogP contribution >= 0.6 is 0 Å². The van der Waals surface area contributed by atoms with Crippen LogP contribution < -0.4 is 0 Å². The van der Waals surface area contributed by atoms with Crippen molar-refractivity contribution in [3.05, 3.63) is 36.4 Å². The Morgan fingerprint density at radius 3 is 2.56 bits per heavy atom. The van der Waals surface area contributed by atoms with E-state index in [1.165, 1.54) is 0 Å². The summed E-state index contributed by atoms with van der Waals surface area (Å²) in [7, 11) is -4.42. The molecule has 0 aromatic heterocycles. The second kappa shape index (κ2) is 3.76. The maximum Gasteiger partial charge on any atom is 0.230 e. The summed E-state index contributed by atoms with van der Waals surface area (Å²) in [5.41, 5.74) is 0.839. The zero-order valence-corrected chi connectivity index (χ0v) is 11.8. The fourth-order valence-electron chi connectivity index (χ4n) is 2.33. The molecule has 3 nitrogen and oxygen atoms in total. The third-order valence-corrected chi connectivity index (χ3v) is 9.91. The van der Waals surface area contributed by atoms with Crippen molar-refractivity contribution in [3.8, 4) is 0 Å². The molecular weight excluding hydrogens is 266 g/mol. The molecule has 0 bridgehead atoms. The number of rotatable bonds is 0. The van der Waals surface area contributed by atoms with E-state index < -0.39 is 17.9 Å². The van der Waals surface area contributed by atoms with Gasteiger partial charge in [0.15, 0.2) is 0 Å². The third kappa shape index (κ3) is 1.34. The smallest absolute Gasteiger partial charge is 0.230 e. The third-order valence-electron chi connectivity index (χ3n) is 3.53. The molecular formula is C13H13NO2S2. The number of benzene rings is 2. The lowest BCUT2D eigenvalue weighted by Crippen LogP contribution is -2.16. The molecule has 0 radical (unpaired) electrons. The van der Waals surface area contributed by atoms with Crippen molar-refractivity contribution in [3.63, 3.8) is 0 Å². The van der Waals surface area contributed by atoms with Gasteiger partial charge >= 0.3 is 0 Å². The average molecular weight is 279 g/mol. The number of nitrogens with zero attached hydrogens (tertiary/aromatic N) is 1. The van der Waals surface area contributed by atoms with Crippen molar-refractivity contribution in [2.45, 2.75) is 11.8 Å². The highest BCUT2D eigenvalue weighted by Gasteiger charge is 2.27. The minimum absolute atomic E-state index is 0.738. The lowest BCUT2D eigenvalue weighted by molar-refractivity contribution is 0.628. The first-order chi connectivity index (χ1) is 8.55. The van der Waals surface area contributed by atoms with Crippen LogP contribution in [0.2, 0.25) is 0 Å². The second-order valence-corrected chi connectivity index (χ2v) is 11.0. The Bertz CT molecular complexity index is 856. The Morgan fingerprint density at radius 2 is 1.83 bits per heavy atom. The summed E-state index contributed by atoms with van der Waals surface area (Å²) >= 11 is 0. The van der Waals surface area contributed by atoms with E-state index in [4.69, 9.17) is 0 Å². The van der Waals surface area contributed by atoms with Crippen LogP contribution in [0.1, 0.15) is 6.92 Å². The molecule has 1 heterocycles. The van der Waals surface area contributed by atoms with Crippen molar-refractivity contribution in [1.82, 2.24) is 0 Å². The highest BCUT2D eigenvalue weighted by Crippen LogP contribution is 2.42. The number of thiol groups is 1. The molecule has 0 unspecified atom stereocenters. The van der Waals surface area contributed by atoms with Crippen LogP contribution in [-0.2, 0) is 17.9 Å². The molecule has 94 valence electrons. The standard InChI is InChI=1S/C13H13NO2S2/c1-9-14-13-11-6-4-3-5-10(11)7-8-12(13)18(9,2)17(15)16/h3-8,18H,1-2H3. The first-order valence-electron chi connectivity index (χ1n) is 5.60. The Labute approximate surface area is 107 Å². The Balaban J connectivity index is 2.57. The summed E-state index contributed by atoms with van der Waals surface area (Å²) in [5, 5.41) is 2.86. The molecule has 18 heavy (non-hydrogen) atoms. The van der Waals surface area contributed by atoms with Crippen LogP contribution in [0, 0.1) is 0 Å². The lowest BCUT2D eigenvalue weighted by Gasteiger charge is -2.15. The van der Waals surface area contributed by atoms with E-state index in [-0.39, 0.29) is 0 Å². The van der Waals surface area contributed by atoms with E-state index in [0.29, 0.717) is 0 Å². The number of hydrogen-bond donors (Lipinski definition) is 1. The van der Waals surface area contributed by atoms with Gasteiger partial charge in [-0.15, -0.1) is 0 Å². The van der Waals surface area contributed by atoms with Crippen molar-refractivity contribution >= 4 is 39.4 Å². The van der Waals surface area contributed by atoms with Crippen LogP contribution in [0.5, 0.6) is 0 Å². The van der Waals surface area contributed by atoms with Crippen LogP contribution in [0.3, 0.4) is 0 Å². The van der Waals surface area contributed by atoms with Crippen molar-refractivity contribution < 1.29 is 8.42 Å². The number of hydrogen-bond acceptors (Lipinski definition) is 3. The zero-order valence-electron chi connectivity index (χ0n) is 10.1. The molecule has 0 aliphatic carbocycles. The van der Waals surface area contributed by atoms with Gasteiger partial charge in [-0.1, -0.05) is 38.9 Å². The molecule has 0 spiro atoms. The van der Waals surface area contributed by atoms with E-state index in [1.54, 1.807) is 0 Å². The Kier molecular flexibility index (Phi) is 2.43. The van der Waals surface area contributed by atoms with E-state index >= 15 is 0 Å². The molecule has 0 atom stereocenters. The summed E-state index contributed by atoms with van der Waals surface area (Å²) in [4.78, 5) is 5.41. The number of fused-ring (bicyclic) bond motifs is 3. The molecule has 1 aliphatic rings. The maximum atomic E-state index is 11.6. The minimum atomic E-state index is -2.31. The largest absolute Gasteiger partial charge is 0.246 e. The van der Waals surface area contributed by atoms with Gasteiger partial charge in [0, 0.05) is 10.3 Å². The number of aliphatic imine (C=N–C) groups is 1. The molecule has 1 aliphatic heterocycles. The first-order valence-corrected chi connectivity index (χ1v) is 9.51. The molecule has 0 N–H and O–H groups in total. The molecule has 0 saturated carbocycles. The lowest BCUT2D eigenvalue weighted by atomic mass is 10.1. The molecule has 3 rings (SSSR count). The quantitative estimate of drug-likeness (QED) is 0.753. The molecule has 0 fully saturated rings. The Morgan fingerprint density at radius 1 is 1.11 bits per heavy atom. The van der Waals surface area contributed by atoms with Gasteiger partial charge in [0.1, 0.15) is 0 Å². The summed E-state index contributed by atoms with van der Waals surface area (Å²) in [6.45, 7) is 1.82. The molecule has 5 heteroatoms. The van der Waals surface area contributed by atoms with Gasteiger partial charge in [-0.3, -0.25) is 0 Å². The van der Waals surface area contributed by atoms with Gasteiger partial charge < -0.3 is 0 Å². The van der Waals surface area contributed by atoms with E-state index in [2.05, 4.69) is 4.99 Å². The maximum absolute atomic E-state index is 11.6. The predicted molar refractivity (Wildman–Crippen MR) is 78.6 cm³/mol. The molecule has 0 saturated heterocycles. The highest BCUT2D eigenvalue weighted by atomic mass is 32.9. The molecule has 2 aromatic carbocycles. The van der Waals surface area contributed by atoms with Gasteiger partial charge in [-0.2, -0.15) is 8.42 Å². The van der Waals surface area contributed by atoms with E-state index in [9.17, 15) is 8.42 Å². The van der Waals surface area contributed by atoms with Crippen LogP contribution in [0.15, 0.2) is 46.3 Å². The van der Waals surface area contributed by atoms with Gasteiger partial charge in [-0.25, -0.2) is 4.99 Å². The summed E-state index contributed by atoms with van der Waals surface area (Å²) in [6, 6.07) is 11.8. The summed E-state index contributed by atoms with van der Waals surface area (Å²) in [6.07, 6.45) is 1.82. The summed E-state index contributed by atoms with van der Waals surface area (Å²) in [5.74, 6) is 0. The van der Waals surface area contributed by atoms with E-state index in [0.717, 1.165) is 26.4 Å². The minimum Gasteiger partial charge on any atom is -0.246 e.